The quantitative estimate of drug-likeness (QED) is 0.468. The lowest BCUT2D eigenvalue weighted by Crippen LogP contribution is -2.33. The maximum atomic E-state index is 12.7. The molecule has 0 aliphatic heterocycles. The molecule has 0 radical (unpaired) electrons. The predicted molar refractivity (Wildman–Crippen MR) is 120 cm³/mol. The highest BCUT2D eigenvalue weighted by Gasteiger charge is 2.24. The molecule has 0 spiro atoms. The first-order chi connectivity index (χ1) is 14.7. The van der Waals surface area contributed by atoms with Crippen molar-refractivity contribution in [2.24, 2.45) is 0 Å². The monoisotopic (exact) mass is 460 g/mol. The van der Waals surface area contributed by atoms with E-state index in [0.717, 1.165) is 10.6 Å². The largest absolute Gasteiger partial charge is 0.496 e. The van der Waals surface area contributed by atoms with E-state index in [1.807, 2.05) is 29.6 Å². The fourth-order valence-electron chi connectivity index (χ4n) is 2.77. The van der Waals surface area contributed by atoms with Crippen molar-refractivity contribution in [3.63, 3.8) is 0 Å². The van der Waals surface area contributed by atoms with Crippen LogP contribution < -0.4 is 4.74 Å². The van der Waals surface area contributed by atoms with E-state index in [1.54, 1.807) is 21.0 Å². The molecule has 0 saturated heterocycles. The smallest absolute Gasteiger partial charge is 0.338 e. The maximum absolute atomic E-state index is 12.7. The number of hydrogen-bond acceptors (Lipinski definition) is 7. The second kappa shape index (κ2) is 9.59. The number of nitrogens with zero attached hydrogens (tertiary/aromatic N) is 2. The van der Waals surface area contributed by atoms with Crippen molar-refractivity contribution < 1.29 is 22.7 Å². The van der Waals surface area contributed by atoms with Gasteiger partial charge in [-0.15, -0.1) is 11.3 Å². The molecule has 0 fully saturated rings. The summed E-state index contributed by atoms with van der Waals surface area (Å²) in [6.07, 6.45) is 0. The summed E-state index contributed by atoms with van der Waals surface area (Å²) in [6.45, 7) is 3.54. The van der Waals surface area contributed by atoms with Crippen molar-refractivity contribution in [3.05, 3.63) is 65.2 Å². The molecule has 0 bridgehead atoms. The van der Waals surface area contributed by atoms with Crippen LogP contribution in [-0.4, -0.2) is 43.9 Å². The first-order valence-electron chi connectivity index (χ1n) is 9.57. The molecule has 0 aliphatic carbocycles. The number of benzene rings is 2. The van der Waals surface area contributed by atoms with Gasteiger partial charge in [0.15, 0.2) is 0 Å². The predicted octanol–water partition coefficient (Wildman–Crippen LogP) is 4.20. The molecule has 0 amide bonds. The van der Waals surface area contributed by atoms with Gasteiger partial charge in [0, 0.05) is 18.5 Å². The third kappa shape index (κ3) is 5.12. The summed E-state index contributed by atoms with van der Waals surface area (Å²) >= 11 is 1.42. The van der Waals surface area contributed by atoms with E-state index in [1.165, 1.54) is 47.0 Å². The number of hydrogen-bond donors (Lipinski definition) is 0. The Morgan fingerprint density at radius 1 is 1.16 bits per heavy atom. The summed E-state index contributed by atoms with van der Waals surface area (Å²) in [7, 11) is -0.586. The fraction of sp³-hybridized carbons (Fsp3) is 0.273. The zero-order valence-corrected chi connectivity index (χ0v) is 19.4. The minimum Gasteiger partial charge on any atom is -0.496 e. The molecule has 9 heteroatoms. The minimum absolute atomic E-state index is 0.0205. The zero-order chi connectivity index (χ0) is 22.6. The van der Waals surface area contributed by atoms with Crippen molar-refractivity contribution in [2.75, 3.05) is 14.2 Å². The number of carbonyl (C=O) groups excluding carboxylic acids is 1. The van der Waals surface area contributed by atoms with Crippen LogP contribution >= 0.6 is 11.3 Å². The van der Waals surface area contributed by atoms with Crippen molar-refractivity contribution in [1.82, 2.24) is 9.29 Å². The number of thiazole rings is 1. The van der Waals surface area contributed by atoms with Gasteiger partial charge < -0.3 is 9.47 Å². The van der Waals surface area contributed by atoms with Gasteiger partial charge in [-0.1, -0.05) is 18.2 Å². The molecule has 0 saturated carbocycles. The third-order valence-electron chi connectivity index (χ3n) is 4.71. The van der Waals surface area contributed by atoms with Crippen LogP contribution in [0, 0.1) is 0 Å². The van der Waals surface area contributed by atoms with Crippen molar-refractivity contribution in [2.45, 2.75) is 31.4 Å². The van der Waals surface area contributed by atoms with E-state index in [9.17, 15) is 13.2 Å². The van der Waals surface area contributed by atoms with Gasteiger partial charge in [-0.3, -0.25) is 0 Å². The maximum Gasteiger partial charge on any atom is 0.338 e. The summed E-state index contributed by atoms with van der Waals surface area (Å²) in [5.74, 6) is 0.0980. The third-order valence-corrected chi connectivity index (χ3v) is 7.67. The molecule has 3 rings (SSSR count). The highest BCUT2D eigenvalue weighted by Crippen LogP contribution is 2.32. The lowest BCUT2D eigenvalue weighted by atomic mass is 10.2. The molecule has 0 unspecified atom stereocenters. The number of rotatable bonds is 8. The van der Waals surface area contributed by atoms with Crippen LogP contribution in [0.15, 0.2) is 58.8 Å². The summed E-state index contributed by atoms with van der Waals surface area (Å²) in [5, 5.41) is 2.57. The van der Waals surface area contributed by atoms with Crippen LogP contribution in [0.2, 0.25) is 0 Å². The summed E-state index contributed by atoms with van der Waals surface area (Å²) < 4.78 is 37.3. The summed E-state index contributed by atoms with van der Waals surface area (Å²) in [5.41, 5.74) is 1.63. The van der Waals surface area contributed by atoms with Gasteiger partial charge in [-0.05, 0) is 44.2 Å². The minimum atomic E-state index is -3.69. The molecule has 0 N–H and O–H groups in total. The van der Waals surface area contributed by atoms with E-state index in [0.29, 0.717) is 11.4 Å². The van der Waals surface area contributed by atoms with Crippen LogP contribution in [0.1, 0.15) is 29.9 Å². The Morgan fingerprint density at radius 3 is 2.61 bits per heavy atom. The van der Waals surface area contributed by atoms with E-state index in [4.69, 9.17) is 9.47 Å². The van der Waals surface area contributed by atoms with E-state index >= 15 is 0 Å². The van der Waals surface area contributed by atoms with Gasteiger partial charge in [0.25, 0.3) is 0 Å². The lowest BCUT2D eigenvalue weighted by Gasteiger charge is -2.21. The molecular formula is C22H24N2O5S2. The Morgan fingerprint density at radius 2 is 1.90 bits per heavy atom. The number of carbonyl (C=O) groups is 1. The average Bonchev–Trinajstić information content (AvgIpc) is 3.25. The highest BCUT2D eigenvalue weighted by molar-refractivity contribution is 7.89. The van der Waals surface area contributed by atoms with Gasteiger partial charge in [0.1, 0.15) is 17.4 Å². The summed E-state index contributed by atoms with van der Waals surface area (Å²) in [4.78, 5) is 17.1. The number of aromatic nitrogens is 1. The molecule has 7 nitrogen and oxygen atoms in total. The van der Waals surface area contributed by atoms with Crippen LogP contribution in [-0.2, 0) is 21.4 Å². The molecule has 2 aromatic carbocycles. The number of para-hydroxylation sites is 1. The van der Waals surface area contributed by atoms with E-state index in [2.05, 4.69) is 4.98 Å². The van der Waals surface area contributed by atoms with E-state index < -0.39 is 16.0 Å². The van der Waals surface area contributed by atoms with Crippen molar-refractivity contribution in [3.8, 4) is 16.3 Å². The van der Waals surface area contributed by atoms with Crippen LogP contribution in [0.25, 0.3) is 10.6 Å². The average molecular weight is 461 g/mol. The second-order valence-electron chi connectivity index (χ2n) is 7.06. The Kier molecular flexibility index (Phi) is 7.09. The van der Waals surface area contributed by atoms with E-state index in [-0.39, 0.29) is 23.1 Å². The Labute approximate surface area is 186 Å². The zero-order valence-electron chi connectivity index (χ0n) is 17.7. The molecular weight excluding hydrogens is 436 g/mol. The molecule has 0 atom stereocenters. The number of sulfonamides is 1. The van der Waals surface area contributed by atoms with Gasteiger partial charge in [-0.25, -0.2) is 18.2 Å². The van der Waals surface area contributed by atoms with Gasteiger partial charge in [0.2, 0.25) is 10.0 Å². The first kappa shape index (κ1) is 22.9. The Balaban J connectivity index is 1.72. The molecule has 31 heavy (non-hydrogen) atoms. The van der Waals surface area contributed by atoms with Crippen molar-refractivity contribution in [1.29, 1.82) is 0 Å². The molecule has 164 valence electrons. The molecule has 0 aliphatic rings. The molecule has 1 heterocycles. The van der Waals surface area contributed by atoms with Crippen LogP contribution in [0.5, 0.6) is 5.75 Å². The number of esters is 1. The number of ether oxygens (including phenoxy) is 2. The van der Waals surface area contributed by atoms with Crippen LogP contribution in [0.3, 0.4) is 0 Å². The SMILES string of the molecule is COc1ccccc1-c1nc(COC(=O)c2cccc(S(=O)(=O)N(C)C(C)C)c2)cs1. The summed E-state index contributed by atoms with van der Waals surface area (Å²) in [6, 6.07) is 13.2. The van der Waals surface area contributed by atoms with Gasteiger partial charge in [0.05, 0.1) is 28.8 Å². The Hall–Kier alpha value is -2.75. The Bertz CT molecular complexity index is 1170. The normalized spacial score (nSPS) is 11.7. The lowest BCUT2D eigenvalue weighted by molar-refractivity contribution is 0.0468. The first-order valence-corrected chi connectivity index (χ1v) is 11.9. The van der Waals surface area contributed by atoms with Crippen molar-refractivity contribution >= 4 is 27.3 Å². The highest BCUT2D eigenvalue weighted by atomic mass is 32.2. The fourth-order valence-corrected chi connectivity index (χ4v) is 5.02. The van der Waals surface area contributed by atoms with Gasteiger partial charge in [-0.2, -0.15) is 4.31 Å². The number of methoxy groups -OCH3 is 1. The second-order valence-corrected chi connectivity index (χ2v) is 9.92. The van der Waals surface area contributed by atoms with Gasteiger partial charge >= 0.3 is 5.97 Å². The standard InChI is InChI=1S/C22H24N2O5S2/c1-15(2)24(3)31(26,27)18-9-7-8-16(12-18)22(25)29-13-17-14-30-21(23-17)19-10-5-6-11-20(19)28-4/h5-12,14-15H,13H2,1-4H3. The molecule has 3 aromatic rings. The topological polar surface area (TPSA) is 85.8 Å². The molecule has 1 aromatic heterocycles. The van der Waals surface area contributed by atoms with Crippen LogP contribution in [0.4, 0.5) is 0 Å².